The third-order valence-corrected chi connectivity index (χ3v) is 5.44. The number of aliphatic carboxylic acids is 1. The van der Waals surface area contributed by atoms with Gasteiger partial charge in [-0.3, -0.25) is 4.79 Å². The fourth-order valence-corrected chi connectivity index (χ4v) is 4.04. The summed E-state index contributed by atoms with van der Waals surface area (Å²) >= 11 is 0. The van der Waals surface area contributed by atoms with Crippen LogP contribution in [-0.2, 0) is 4.79 Å². The first-order valence-electron chi connectivity index (χ1n) is 8.52. The summed E-state index contributed by atoms with van der Waals surface area (Å²) in [6.45, 7) is 2.87. The average Bonchev–Trinajstić information content (AvgIpc) is 2.48. The fraction of sp³-hybridized carbons (Fsp3) is 0.933. The number of hydrogen-bond acceptors (Lipinski definition) is 5. The van der Waals surface area contributed by atoms with E-state index in [2.05, 4.69) is 4.90 Å². The average molecular weight is 312 g/mol. The Balaban J connectivity index is 1.96. The minimum atomic E-state index is -1.32. The molecule has 3 atom stereocenters. The van der Waals surface area contributed by atoms with Gasteiger partial charge in [0.05, 0.1) is 0 Å². The number of likely N-dealkylation sites (tertiary alicyclic amines) is 1. The summed E-state index contributed by atoms with van der Waals surface area (Å²) in [5.41, 5.74) is 5.13. The fourth-order valence-electron chi connectivity index (χ4n) is 4.04. The highest BCUT2D eigenvalue weighted by Crippen LogP contribution is 2.38. The molecule has 3 unspecified atom stereocenters. The highest BCUT2D eigenvalue weighted by atomic mass is 16.4. The maximum atomic E-state index is 11.8. The maximum Gasteiger partial charge on any atom is 0.451 e. The van der Waals surface area contributed by atoms with Gasteiger partial charge in [0, 0.05) is 12.5 Å². The minimum absolute atomic E-state index is 0.0154. The van der Waals surface area contributed by atoms with Crippen molar-refractivity contribution in [3.05, 3.63) is 0 Å². The Bertz CT molecular complexity index is 377. The van der Waals surface area contributed by atoms with E-state index in [0.717, 1.165) is 32.5 Å². The Hall–Kier alpha value is -0.625. The molecule has 22 heavy (non-hydrogen) atoms. The molecule has 2 aliphatic rings. The van der Waals surface area contributed by atoms with Crippen molar-refractivity contribution in [1.82, 2.24) is 4.90 Å². The van der Waals surface area contributed by atoms with E-state index in [-0.39, 0.29) is 18.2 Å². The lowest BCUT2D eigenvalue weighted by Crippen LogP contribution is -2.60. The van der Waals surface area contributed by atoms with Gasteiger partial charge < -0.3 is 25.8 Å². The van der Waals surface area contributed by atoms with Gasteiger partial charge >= 0.3 is 13.1 Å². The van der Waals surface area contributed by atoms with Crippen molar-refractivity contribution in [2.24, 2.45) is 17.6 Å². The van der Waals surface area contributed by atoms with Gasteiger partial charge in [0.15, 0.2) is 0 Å². The molecule has 1 heterocycles. The molecule has 2 rings (SSSR count). The molecule has 0 amide bonds. The number of hydrogen-bond donors (Lipinski definition) is 4. The predicted octanol–water partition coefficient (Wildman–Crippen LogP) is 0.534. The highest BCUT2D eigenvalue weighted by Gasteiger charge is 2.47. The first-order chi connectivity index (χ1) is 10.4. The smallest absolute Gasteiger partial charge is 0.451 e. The van der Waals surface area contributed by atoms with Gasteiger partial charge in [-0.2, -0.15) is 0 Å². The van der Waals surface area contributed by atoms with Crippen LogP contribution >= 0.6 is 0 Å². The van der Waals surface area contributed by atoms with E-state index in [4.69, 9.17) is 15.8 Å². The summed E-state index contributed by atoms with van der Waals surface area (Å²) < 4.78 is 0. The van der Waals surface area contributed by atoms with Crippen LogP contribution in [0.4, 0.5) is 0 Å². The summed E-state index contributed by atoms with van der Waals surface area (Å²) in [6, 6.07) is 0. The number of carboxylic acid groups (broad SMARTS) is 1. The van der Waals surface area contributed by atoms with Gasteiger partial charge in [-0.25, -0.2) is 0 Å². The molecule has 0 aromatic heterocycles. The van der Waals surface area contributed by atoms with E-state index in [1.807, 2.05) is 0 Å². The molecule has 0 bridgehead atoms. The number of nitrogens with zero attached hydrogens (tertiary/aromatic N) is 1. The predicted molar refractivity (Wildman–Crippen MR) is 85.3 cm³/mol. The lowest BCUT2D eigenvalue weighted by molar-refractivity contribution is -0.148. The lowest BCUT2D eigenvalue weighted by atomic mass is 9.66. The first kappa shape index (κ1) is 17.7. The van der Waals surface area contributed by atoms with Crippen LogP contribution in [0.1, 0.15) is 44.9 Å². The second kappa shape index (κ2) is 7.77. The third-order valence-electron chi connectivity index (χ3n) is 5.44. The molecule has 1 aliphatic carbocycles. The topological polar surface area (TPSA) is 107 Å². The quantitative estimate of drug-likeness (QED) is 0.533. The standard InChI is InChI=1S/C15H29BN2O4/c17-15(14(19)20)10-12(6-7-16(21)22)4-5-13(15)11-18-8-2-1-3-9-18/h12-13,21-22H,1-11,17H2,(H,19,20). The molecule has 1 aliphatic heterocycles. The summed E-state index contributed by atoms with van der Waals surface area (Å²) in [5.74, 6) is -0.761. The summed E-state index contributed by atoms with van der Waals surface area (Å²) in [6.07, 6.45) is 6.73. The normalized spacial score (nSPS) is 33.6. The van der Waals surface area contributed by atoms with Crippen LogP contribution in [0.15, 0.2) is 0 Å². The molecule has 0 aromatic carbocycles. The highest BCUT2D eigenvalue weighted by molar-refractivity contribution is 6.40. The van der Waals surface area contributed by atoms with Crippen molar-refractivity contribution in [1.29, 1.82) is 0 Å². The Kier molecular flexibility index (Phi) is 6.26. The molecule has 1 saturated carbocycles. The van der Waals surface area contributed by atoms with Crippen molar-refractivity contribution in [3.63, 3.8) is 0 Å². The zero-order chi connectivity index (χ0) is 16.2. The Morgan fingerprint density at radius 1 is 1.23 bits per heavy atom. The van der Waals surface area contributed by atoms with Gasteiger partial charge in [-0.15, -0.1) is 0 Å². The van der Waals surface area contributed by atoms with E-state index < -0.39 is 18.6 Å². The number of piperidine rings is 1. The monoisotopic (exact) mass is 312 g/mol. The van der Waals surface area contributed by atoms with Gasteiger partial charge in [0.25, 0.3) is 0 Å². The first-order valence-corrected chi connectivity index (χ1v) is 8.52. The lowest BCUT2D eigenvalue weighted by Gasteiger charge is -2.44. The molecule has 1 saturated heterocycles. The molecule has 0 aromatic rings. The second-order valence-corrected chi connectivity index (χ2v) is 7.11. The van der Waals surface area contributed by atoms with E-state index in [1.54, 1.807) is 0 Å². The number of rotatable bonds is 6. The summed E-state index contributed by atoms with van der Waals surface area (Å²) in [4.78, 5) is 14.1. The largest absolute Gasteiger partial charge is 0.480 e. The van der Waals surface area contributed by atoms with Crippen LogP contribution in [0.25, 0.3) is 0 Å². The zero-order valence-electron chi connectivity index (χ0n) is 13.3. The zero-order valence-corrected chi connectivity index (χ0v) is 13.3. The number of carbonyl (C=O) groups is 1. The third kappa shape index (κ3) is 4.44. The molecule has 0 spiro atoms. The summed E-state index contributed by atoms with van der Waals surface area (Å²) in [7, 11) is -1.32. The van der Waals surface area contributed by atoms with Crippen LogP contribution in [0.3, 0.4) is 0 Å². The molecule has 126 valence electrons. The SMILES string of the molecule is NC1(C(=O)O)CC(CCB(O)O)CCC1CN1CCCCC1. The molecular formula is C15H29BN2O4. The van der Waals surface area contributed by atoms with Crippen molar-refractivity contribution in [3.8, 4) is 0 Å². The van der Waals surface area contributed by atoms with Crippen molar-refractivity contribution < 1.29 is 19.9 Å². The van der Waals surface area contributed by atoms with Crippen molar-refractivity contribution >= 4 is 13.1 Å². The van der Waals surface area contributed by atoms with Crippen LogP contribution < -0.4 is 5.73 Å². The summed E-state index contributed by atoms with van der Waals surface area (Å²) in [5, 5.41) is 27.6. The van der Waals surface area contributed by atoms with Gasteiger partial charge in [0.2, 0.25) is 0 Å². The van der Waals surface area contributed by atoms with Gasteiger partial charge in [-0.05, 0) is 57.4 Å². The van der Waals surface area contributed by atoms with E-state index >= 15 is 0 Å². The molecule has 5 N–H and O–H groups in total. The Morgan fingerprint density at radius 3 is 2.50 bits per heavy atom. The number of nitrogens with two attached hydrogens (primary N) is 1. The molecule has 7 heteroatoms. The van der Waals surface area contributed by atoms with Crippen LogP contribution in [0, 0.1) is 11.8 Å². The van der Waals surface area contributed by atoms with Crippen molar-refractivity contribution in [2.75, 3.05) is 19.6 Å². The Labute approximate surface area is 132 Å². The van der Waals surface area contributed by atoms with Crippen molar-refractivity contribution in [2.45, 2.75) is 56.8 Å². The van der Waals surface area contributed by atoms with Gasteiger partial charge in [0.1, 0.15) is 5.54 Å². The van der Waals surface area contributed by atoms with E-state index in [0.29, 0.717) is 12.8 Å². The molecular weight excluding hydrogens is 283 g/mol. The molecule has 0 radical (unpaired) electrons. The van der Waals surface area contributed by atoms with Crippen LogP contribution in [-0.4, -0.2) is 58.3 Å². The Morgan fingerprint density at radius 2 is 1.91 bits per heavy atom. The van der Waals surface area contributed by atoms with E-state index in [1.165, 1.54) is 19.3 Å². The maximum absolute atomic E-state index is 11.8. The molecule has 2 fully saturated rings. The van der Waals surface area contributed by atoms with Crippen LogP contribution in [0.2, 0.25) is 6.32 Å². The minimum Gasteiger partial charge on any atom is -0.480 e. The molecule has 6 nitrogen and oxygen atoms in total. The number of carboxylic acids is 1. The van der Waals surface area contributed by atoms with E-state index in [9.17, 15) is 9.90 Å². The van der Waals surface area contributed by atoms with Gasteiger partial charge in [-0.1, -0.05) is 12.8 Å². The second-order valence-electron chi connectivity index (χ2n) is 7.11. The van der Waals surface area contributed by atoms with Crippen LogP contribution in [0.5, 0.6) is 0 Å².